The average Bonchev–Trinajstić information content (AvgIpc) is 2.73. The van der Waals surface area contributed by atoms with Crippen LogP contribution in [0.25, 0.3) is 0 Å². The third kappa shape index (κ3) is 4.09. The van der Waals surface area contributed by atoms with Crippen molar-refractivity contribution < 1.29 is 24.2 Å². The molecule has 0 aliphatic carbocycles. The third-order valence-corrected chi connectivity index (χ3v) is 4.88. The fraction of sp³-hybridized carbons (Fsp3) is 0.333. The van der Waals surface area contributed by atoms with Gasteiger partial charge < -0.3 is 24.8 Å². The lowest BCUT2D eigenvalue weighted by atomic mass is 9.94. The Labute approximate surface area is 163 Å². The molecule has 7 heteroatoms. The van der Waals surface area contributed by atoms with Gasteiger partial charge in [0.2, 0.25) is 11.8 Å². The van der Waals surface area contributed by atoms with Gasteiger partial charge in [0, 0.05) is 18.2 Å². The van der Waals surface area contributed by atoms with Crippen LogP contribution in [0.1, 0.15) is 11.1 Å². The van der Waals surface area contributed by atoms with Gasteiger partial charge in [-0.2, -0.15) is 0 Å². The fourth-order valence-corrected chi connectivity index (χ4v) is 3.33. The summed E-state index contributed by atoms with van der Waals surface area (Å²) in [5, 5.41) is 12.5. The minimum atomic E-state index is -0.717. The quantitative estimate of drug-likeness (QED) is 0.667. The maximum atomic E-state index is 12.6. The molecular weight excluding hydrogens is 360 g/mol. The van der Waals surface area contributed by atoms with Gasteiger partial charge in [-0.1, -0.05) is 30.3 Å². The number of hydrogen-bond acceptors (Lipinski definition) is 5. The Bertz CT molecular complexity index is 840. The van der Waals surface area contributed by atoms with Gasteiger partial charge >= 0.3 is 0 Å². The van der Waals surface area contributed by atoms with Crippen LogP contribution in [0.15, 0.2) is 48.5 Å². The van der Waals surface area contributed by atoms with Crippen LogP contribution in [-0.2, 0) is 22.6 Å². The van der Waals surface area contributed by atoms with Crippen LogP contribution in [0.3, 0.4) is 0 Å². The summed E-state index contributed by atoms with van der Waals surface area (Å²) >= 11 is 0. The van der Waals surface area contributed by atoms with Gasteiger partial charge in [-0.25, -0.2) is 0 Å². The van der Waals surface area contributed by atoms with E-state index in [2.05, 4.69) is 5.32 Å². The molecule has 148 valence electrons. The molecule has 7 nitrogen and oxygen atoms in total. The molecule has 2 N–H and O–H groups in total. The Morgan fingerprint density at radius 2 is 1.89 bits per heavy atom. The number of aliphatic hydroxyl groups is 1. The predicted octanol–water partition coefficient (Wildman–Crippen LogP) is 1.13. The predicted molar refractivity (Wildman–Crippen MR) is 103 cm³/mol. The van der Waals surface area contributed by atoms with Crippen molar-refractivity contribution in [2.24, 2.45) is 0 Å². The van der Waals surface area contributed by atoms with Crippen molar-refractivity contribution in [3.63, 3.8) is 0 Å². The Hall–Kier alpha value is -3.06. The Morgan fingerprint density at radius 1 is 1.14 bits per heavy atom. The molecule has 1 aliphatic rings. The Morgan fingerprint density at radius 3 is 2.54 bits per heavy atom. The number of benzene rings is 2. The maximum absolute atomic E-state index is 12.6. The highest BCUT2D eigenvalue weighted by molar-refractivity contribution is 5.94. The van der Waals surface area contributed by atoms with E-state index in [9.17, 15) is 14.7 Å². The second-order valence-electron chi connectivity index (χ2n) is 6.60. The summed E-state index contributed by atoms with van der Waals surface area (Å²) < 4.78 is 10.6. The van der Waals surface area contributed by atoms with Crippen molar-refractivity contribution in [2.45, 2.75) is 25.0 Å². The normalized spacial score (nSPS) is 18.4. The molecule has 0 bridgehead atoms. The van der Waals surface area contributed by atoms with Crippen LogP contribution in [0, 0.1) is 0 Å². The van der Waals surface area contributed by atoms with Gasteiger partial charge in [-0.05, 0) is 17.7 Å². The Kier molecular flexibility index (Phi) is 6.16. The molecular formula is C21H24N2O5. The molecule has 0 radical (unpaired) electrons. The zero-order valence-electron chi connectivity index (χ0n) is 15.9. The van der Waals surface area contributed by atoms with Gasteiger partial charge in [-0.15, -0.1) is 0 Å². The van der Waals surface area contributed by atoms with E-state index in [0.29, 0.717) is 11.5 Å². The first-order valence-corrected chi connectivity index (χ1v) is 9.03. The lowest BCUT2D eigenvalue weighted by Crippen LogP contribution is -2.71. The number of ether oxygens (including phenoxy) is 2. The molecule has 1 aliphatic heterocycles. The number of amides is 2. The molecule has 2 atom stereocenters. The first kappa shape index (κ1) is 19.7. The van der Waals surface area contributed by atoms with E-state index in [1.807, 2.05) is 36.4 Å². The summed E-state index contributed by atoms with van der Waals surface area (Å²) in [7, 11) is 3.12. The van der Waals surface area contributed by atoms with Crippen molar-refractivity contribution >= 4 is 11.8 Å². The summed E-state index contributed by atoms with van der Waals surface area (Å²) in [4.78, 5) is 26.4. The third-order valence-electron chi connectivity index (χ3n) is 4.88. The molecule has 0 spiro atoms. The van der Waals surface area contributed by atoms with E-state index in [-0.39, 0.29) is 31.4 Å². The van der Waals surface area contributed by atoms with Crippen LogP contribution in [0.5, 0.6) is 11.5 Å². The molecule has 0 saturated carbocycles. The number of nitrogens with zero attached hydrogens (tertiary/aromatic N) is 1. The lowest BCUT2D eigenvalue weighted by molar-refractivity contribution is -0.157. The van der Waals surface area contributed by atoms with Crippen LogP contribution in [0.2, 0.25) is 0 Å². The van der Waals surface area contributed by atoms with Crippen molar-refractivity contribution in [3.05, 3.63) is 59.7 Å². The van der Waals surface area contributed by atoms with Crippen molar-refractivity contribution in [1.29, 1.82) is 0 Å². The van der Waals surface area contributed by atoms with Crippen molar-refractivity contribution in [1.82, 2.24) is 10.2 Å². The van der Waals surface area contributed by atoms with E-state index in [1.165, 1.54) is 4.90 Å². The fourth-order valence-electron chi connectivity index (χ4n) is 3.33. The molecule has 28 heavy (non-hydrogen) atoms. The number of rotatable bonds is 8. The zero-order chi connectivity index (χ0) is 20.1. The van der Waals surface area contributed by atoms with Crippen LogP contribution < -0.4 is 14.8 Å². The molecule has 1 heterocycles. The molecule has 1 fully saturated rings. The average molecular weight is 384 g/mol. The standard InChI is InChI=1S/C21H24N2O5/c1-27-16-9-8-15(18(11-16)28-2)12-23-17(13-24)20(21(23)26)22-19(25)10-14-6-4-3-5-7-14/h3-9,11,17,20,24H,10,12-13H2,1-2H3,(H,22,25)/t17-,20+/m1/s1. The summed E-state index contributed by atoms with van der Waals surface area (Å²) in [5.74, 6) is 0.781. The summed E-state index contributed by atoms with van der Waals surface area (Å²) in [5.41, 5.74) is 1.66. The number of β-lactam (4-membered cyclic amide) rings is 1. The van der Waals surface area contributed by atoms with E-state index in [1.54, 1.807) is 26.4 Å². The highest BCUT2D eigenvalue weighted by atomic mass is 16.5. The van der Waals surface area contributed by atoms with Gasteiger partial charge in [0.15, 0.2) is 0 Å². The molecule has 3 rings (SSSR count). The summed E-state index contributed by atoms with van der Waals surface area (Å²) in [6.07, 6.45) is 0.190. The second kappa shape index (κ2) is 8.75. The first-order valence-electron chi connectivity index (χ1n) is 9.03. The summed E-state index contributed by atoms with van der Waals surface area (Å²) in [6.45, 7) is 0.0444. The van der Waals surface area contributed by atoms with Crippen LogP contribution in [0.4, 0.5) is 0 Å². The lowest BCUT2D eigenvalue weighted by Gasteiger charge is -2.46. The number of aliphatic hydroxyl groups excluding tert-OH is 1. The number of nitrogens with one attached hydrogen (secondary N) is 1. The van der Waals surface area contributed by atoms with E-state index in [0.717, 1.165) is 11.1 Å². The molecule has 0 unspecified atom stereocenters. The highest BCUT2D eigenvalue weighted by Gasteiger charge is 2.47. The molecule has 2 aromatic rings. The monoisotopic (exact) mass is 384 g/mol. The molecule has 0 aromatic heterocycles. The SMILES string of the molecule is COc1ccc(CN2C(=O)[C@@H](NC(=O)Cc3ccccc3)[C@H]2CO)c(OC)c1. The van der Waals surface area contributed by atoms with E-state index < -0.39 is 12.1 Å². The largest absolute Gasteiger partial charge is 0.497 e. The molecule has 2 amide bonds. The van der Waals surface area contributed by atoms with Gasteiger partial charge in [0.25, 0.3) is 0 Å². The molecule has 2 aromatic carbocycles. The second-order valence-corrected chi connectivity index (χ2v) is 6.60. The van der Waals surface area contributed by atoms with Crippen LogP contribution >= 0.6 is 0 Å². The first-order chi connectivity index (χ1) is 13.6. The topological polar surface area (TPSA) is 88.1 Å². The highest BCUT2D eigenvalue weighted by Crippen LogP contribution is 2.29. The van der Waals surface area contributed by atoms with Gasteiger partial charge in [-0.3, -0.25) is 9.59 Å². The van der Waals surface area contributed by atoms with E-state index >= 15 is 0 Å². The Balaban J connectivity index is 1.64. The minimum absolute atomic E-state index is 0.190. The number of carbonyl (C=O) groups is 2. The van der Waals surface area contributed by atoms with Gasteiger partial charge in [0.1, 0.15) is 17.5 Å². The van der Waals surface area contributed by atoms with Crippen molar-refractivity contribution in [3.8, 4) is 11.5 Å². The number of methoxy groups -OCH3 is 2. The summed E-state index contributed by atoms with van der Waals surface area (Å²) in [6, 6.07) is 13.5. The number of likely N-dealkylation sites (tertiary alicyclic amines) is 1. The van der Waals surface area contributed by atoms with E-state index in [4.69, 9.17) is 9.47 Å². The number of hydrogen-bond donors (Lipinski definition) is 2. The smallest absolute Gasteiger partial charge is 0.248 e. The van der Waals surface area contributed by atoms with Crippen molar-refractivity contribution in [2.75, 3.05) is 20.8 Å². The van der Waals surface area contributed by atoms with Crippen LogP contribution in [-0.4, -0.2) is 54.7 Å². The van der Waals surface area contributed by atoms with Gasteiger partial charge in [0.05, 0.1) is 33.3 Å². The maximum Gasteiger partial charge on any atom is 0.248 e. The molecule has 1 saturated heterocycles. The zero-order valence-corrected chi connectivity index (χ0v) is 15.9. The minimum Gasteiger partial charge on any atom is -0.497 e. The number of carbonyl (C=O) groups excluding carboxylic acids is 2.